The van der Waals surface area contributed by atoms with E-state index in [2.05, 4.69) is 5.32 Å². The van der Waals surface area contributed by atoms with Crippen LogP contribution in [0.25, 0.3) is 0 Å². The molecule has 7 nitrogen and oxygen atoms in total. The minimum Gasteiger partial charge on any atom is -0.507 e. The maximum Gasteiger partial charge on any atom is 0.338 e. The average Bonchev–Trinajstić information content (AvgIpc) is 2.89. The molecule has 1 aromatic carbocycles. The van der Waals surface area contributed by atoms with Gasteiger partial charge in [0.05, 0.1) is 17.1 Å². The lowest BCUT2D eigenvalue weighted by molar-refractivity contribution is -0.124. The number of carbonyl (C=O) groups excluding carboxylic acids is 2. The number of sulfone groups is 1. The van der Waals surface area contributed by atoms with Gasteiger partial charge >= 0.3 is 5.97 Å². The Morgan fingerprint density at radius 1 is 1.10 bits per heavy atom. The van der Waals surface area contributed by atoms with E-state index in [1.807, 2.05) is 41.5 Å². The van der Waals surface area contributed by atoms with Crippen LogP contribution in [0, 0.1) is 0 Å². The molecule has 0 radical (unpaired) electrons. The third-order valence-electron chi connectivity index (χ3n) is 4.89. The molecule has 1 amide bonds. The number of phenols is 1. The molecule has 0 bridgehead atoms. The van der Waals surface area contributed by atoms with Gasteiger partial charge in [0.1, 0.15) is 5.75 Å². The van der Waals surface area contributed by atoms with Crippen LogP contribution in [-0.2, 0) is 30.2 Å². The van der Waals surface area contributed by atoms with Crippen LogP contribution in [0.3, 0.4) is 0 Å². The van der Waals surface area contributed by atoms with Gasteiger partial charge in [0.2, 0.25) is 0 Å². The maximum absolute atomic E-state index is 12.6. The van der Waals surface area contributed by atoms with Crippen LogP contribution in [0.1, 0.15) is 69.4 Å². The van der Waals surface area contributed by atoms with Crippen LogP contribution in [0.4, 0.5) is 0 Å². The number of phenolic OH excluding ortho intramolecular Hbond substituents is 1. The number of carbonyl (C=O) groups is 2. The summed E-state index contributed by atoms with van der Waals surface area (Å²) in [7, 11) is -3.10. The van der Waals surface area contributed by atoms with Crippen LogP contribution < -0.4 is 5.32 Å². The number of rotatable bonds is 4. The lowest BCUT2D eigenvalue weighted by Gasteiger charge is -2.28. The van der Waals surface area contributed by atoms with E-state index in [1.54, 1.807) is 12.1 Å². The zero-order valence-corrected chi connectivity index (χ0v) is 18.8. The molecule has 1 aromatic rings. The Bertz CT molecular complexity index is 871. The first kappa shape index (κ1) is 23.2. The zero-order valence-electron chi connectivity index (χ0n) is 18.0. The summed E-state index contributed by atoms with van der Waals surface area (Å²) < 4.78 is 28.1. The van der Waals surface area contributed by atoms with Crippen molar-refractivity contribution in [2.24, 2.45) is 0 Å². The predicted molar refractivity (Wildman–Crippen MR) is 111 cm³/mol. The molecular formula is C21H31NO6S. The molecule has 2 N–H and O–H groups in total. The molecule has 0 aromatic heterocycles. The average molecular weight is 426 g/mol. The third-order valence-corrected chi connectivity index (χ3v) is 6.66. The first-order chi connectivity index (χ1) is 13.1. The van der Waals surface area contributed by atoms with Gasteiger partial charge in [-0.05, 0) is 29.4 Å². The summed E-state index contributed by atoms with van der Waals surface area (Å²) in [5.74, 6) is -1.09. The summed E-state index contributed by atoms with van der Waals surface area (Å²) in [5, 5.41) is 13.3. The molecule has 1 aliphatic heterocycles. The Balaban J connectivity index is 2.15. The van der Waals surface area contributed by atoms with Crippen LogP contribution in [0.5, 0.6) is 5.75 Å². The first-order valence-corrected chi connectivity index (χ1v) is 11.5. The van der Waals surface area contributed by atoms with E-state index in [-0.39, 0.29) is 22.8 Å². The number of aromatic hydroxyl groups is 1. The van der Waals surface area contributed by atoms with E-state index in [0.29, 0.717) is 17.5 Å². The SMILES string of the molecule is CC(C)(C)c1cc(C(=O)OCC(=O)N[C@@H]2CCS(=O)(=O)C2)cc(C(C)(C)C)c1O. The second-order valence-electron chi connectivity index (χ2n) is 9.66. The highest BCUT2D eigenvalue weighted by Gasteiger charge is 2.30. The van der Waals surface area contributed by atoms with E-state index >= 15 is 0 Å². The van der Waals surface area contributed by atoms with Crippen molar-refractivity contribution in [2.45, 2.75) is 64.8 Å². The number of hydrogen-bond acceptors (Lipinski definition) is 6. The highest BCUT2D eigenvalue weighted by molar-refractivity contribution is 7.91. The third kappa shape index (κ3) is 5.95. The normalized spacial score (nSPS) is 19.0. The molecule has 1 saturated heterocycles. The van der Waals surface area contributed by atoms with Gasteiger partial charge in [0.15, 0.2) is 16.4 Å². The number of ether oxygens (including phenoxy) is 1. The smallest absolute Gasteiger partial charge is 0.338 e. The first-order valence-electron chi connectivity index (χ1n) is 9.65. The minimum absolute atomic E-state index is 0.0520. The molecule has 1 fully saturated rings. The minimum atomic E-state index is -3.10. The fourth-order valence-corrected chi connectivity index (χ4v) is 4.96. The largest absolute Gasteiger partial charge is 0.507 e. The van der Waals surface area contributed by atoms with Crippen LogP contribution in [0.2, 0.25) is 0 Å². The summed E-state index contributed by atoms with van der Waals surface area (Å²) in [5.41, 5.74) is 0.709. The Morgan fingerprint density at radius 3 is 2.03 bits per heavy atom. The summed E-state index contributed by atoms with van der Waals surface area (Å²) >= 11 is 0. The maximum atomic E-state index is 12.6. The zero-order chi connectivity index (χ0) is 22.2. The van der Waals surface area contributed by atoms with Gasteiger partial charge in [-0.25, -0.2) is 13.2 Å². The molecule has 2 rings (SSSR count). The van der Waals surface area contributed by atoms with Crippen LogP contribution >= 0.6 is 0 Å². The van der Waals surface area contributed by atoms with Crippen molar-refractivity contribution in [2.75, 3.05) is 18.1 Å². The van der Waals surface area contributed by atoms with Gasteiger partial charge in [0, 0.05) is 17.2 Å². The number of nitrogens with one attached hydrogen (secondary N) is 1. The van der Waals surface area contributed by atoms with E-state index in [9.17, 15) is 23.1 Å². The lowest BCUT2D eigenvalue weighted by Crippen LogP contribution is -2.38. The number of amides is 1. The molecule has 8 heteroatoms. The lowest BCUT2D eigenvalue weighted by atomic mass is 9.78. The fraction of sp³-hybridized carbons (Fsp3) is 0.619. The molecule has 1 atom stereocenters. The molecule has 0 aliphatic carbocycles. The van der Waals surface area contributed by atoms with Crippen LogP contribution in [0.15, 0.2) is 12.1 Å². The highest BCUT2D eigenvalue weighted by atomic mass is 32.2. The van der Waals surface area contributed by atoms with E-state index in [1.165, 1.54) is 0 Å². The quantitative estimate of drug-likeness (QED) is 0.717. The molecule has 0 spiro atoms. The van der Waals surface area contributed by atoms with E-state index < -0.39 is 45.2 Å². The summed E-state index contributed by atoms with van der Waals surface area (Å²) in [6.07, 6.45) is 0.365. The van der Waals surface area contributed by atoms with Gasteiger partial charge in [-0.15, -0.1) is 0 Å². The molecule has 0 unspecified atom stereocenters. The van der Waals surface area contributed by atoms with Crippen molar-refractivity contribution in [3.05, 3.63) is 28.8 Å². The fourth-order valence-electron chi connectivity index (χ4n) is 3.29. The van der Waals surface area contributed by atoms with Crippen molar-refractivity contribution in [3.63, 3.8) is 0 Å². The highest BCUT2D eigenvalue weighted by Crippen LogP contribution is 2.39. The van der Waals surface area contributed by atoms with Gasteiger partial charge in [-0.2, -0.15) is 0 Å². The number of esters is 1. The van der Waals surface area contributed by atoms with Crippen molar-refractivity contribution in [1.29, 1.82) is 0 Å². The van der Waals surface area contributed by atoms with Crippen molar-refractivity contribution < 1.29 is 27.9 Å². The second-order valence-corrected chi connectivity index (χ2v) is 11.9. The molecule has 0 saturated carbocycles. The van der Waals surface area contributed by atoms with Gasteiger partial charge in [-0.1, -0.05) is 41.5 Å². The van der Waals surface area contributed by atoms with E-state index in [4.69, 9.17) is 4.74 Å². The Kier molecular flexibility index (Phi) is 6.37. The van der Waals surface area contributed by atoms with Gasteiger partial charge < -0.3 is 15.2 Å². The van der Waals surface area contributed by atoms with Crippen molar-refractivity contribution >= 4 is 21.7 Å². The summed E-state index contributed by atoms with van der Waals surface area (Å²) in [6.45, 7) is 11.1. The summed E-state index contributed by atoms with van der Waals surface area (Å²) in [4.78, 5) is 24.6. The van der Waals surface area contributed by atoms with Crippen LogP contribution in [-0.4, -0.2) is 49.6 Å². The number of hydrogen-bond donors (Lipinski definition) is 2. The molecule has 1 aliphatic rings. The number of benzene rings is 1. The molecule has 162 valence electrons. The molecule has 1 heterocycles. The second kappa shape index (κ2) is 7.97. The predicted octanol–water partition coefficient (Wildman–Crippen LogP) is 2.45. The summed E-state index contributed by atoms with van der Waals surface area (Å²) in [6, 6.07) is 2.74. The van der Waals surface area contributed by atoms with E-state index in [0.717, 1.165) is 0 Å². The van der Waals surface area contributed by atoms with Gasteiger partial charge in [0.25, 0.3) is 5.91 Å². The Hall–Kier alpha value is -2.09. The van der Waals surface area contributed by atoms with Gasteiger partial charge in [-0.3, -0.25) is 4.79 Å². The molecule has 29 heavy (non-hydrogen) atoms. The Morgan fingerprint density at radius 2 is 1.62 bits per heavy atom. The molecular weight excluding hydrogens is 394 g/mol. The standard InChI is InChI=1S/C21H31NO6S/c1-20(2,3)15-9-13(10-16(18(15)24)21(4,5)6)19(25)28-11-17(23)22-14-7-8-29(26,27)12-14/h9-10,14,24H,7-8,11-12H2,1-6H3,(H,22,23)/t14-/m1/s1. The van der Waals surface area contributed by atoms with Crippen molar-refractivity contribution in [3.8, 4) is 5.75 Å². The monoisotopic (exact) mass is 425 g/mol. The van der Waals surface area contributed by atoms with Crippen molar-refractivity contribution in [1.82, 2.24) is 5.32 Å². The topological polar surface area (TPSA) is 110 Å². The Labute approximate surface area is 172 Å².